The zero-order valence-electron chi connectivity index (χ0n) is 16.6. The Morgan fingerprint density at radius 2 is 1.88 bits per heavy atom. The van der Waals surface area contributed by atoms with Crippen molar-refractivity contribution in [2.75, 3.05) is 12.4 Å². The average Bonchev–Trinajstić information content (AvgIpc) is 3.30. The van der Waals surface area contributed by atoms with Crippen LogP contribution < -0.4 is 10.6 Å². The van der Waals surface area contributed by atoms with E-state index >= 15 is 0 Å². The molecule has 0 aliphatic heterocycles. The highest BCUT2D eigenvalue weighted by molar-refractivity contribution is 6.32. The lowest BCUT2D eigenvalue weighted by Gasteiger charge is -2.33. The molecule has 32 heavy (non-hydrogen) atoms. The van der Waals surface area contributed by atoms with Crippen LogP contribution in [0.15, 0.2) is 66.4 Å². The van der Waals surface area contributed by atoms with E-state index in [1.807, 2.05) is 0 Å². The number of benzene rings is 1. The average molecular weight is 477 g/mol. The Morgan fingerprint density at radius 3 is 2.50 bits per heavy atom. The maximum atomic E-state index is 14.9. The van der Waals surface area contributed by atoms with Crippen molar-refractivity contribution in [2.45, 2.75) is 11.4 Å². The van der Waals surface area contributed by atoms with Crippen LogP contribution in [0, 0.1) is 5.82 Å². The van der Waals surface area contributed by atoms with Gasteiger partial charge in [0.25, 0.3) is 5.91 Å². The van der Waals surface area contributed by atoms with Gasteiger partial charge in [0.1, 0.15) is 16.6 Å². The Hall–Kier alpha value is -3.14. The third-order valence-corrected chi connectivity index (χ3v) is 5.72. The maximum Gasteiger partial charge on any atom is 0.254 e. The van der Waals surface area contributed by atoms with Gasteiger partial charge in [-0.3, -0.25) is 10.1 Å². The number of allylic oxidation sites excluding steroid dienone is 2. The minimum atomic E-state index is -1.27. The number of alkyl halides is 1. The van der Waals surface area contributed by atoms with Gasteiger partial charge in [0.2, 0.25) is 0 Å². The van der Waals surface area contributed by atoms with Gasteiger partial charge in [0.15, 0.2) is 5.82 Å². The van der Waals surface area contributed by atoms with Crippen LogP contribution in [0.2, 0.25) is 5.02 Å². The first-order valence-electron chi connectivity index (χ1n) is 9.39. The van der Waals surface area contributed by atoms with Crippen LogP contribution in [0.4, 0.5) is 14.5 Å². The van der Waals surface area contributed by atoms with Gasteiger partial charge in [-0.25, -0.2) is 13.8 Å². The van der Waals surface area contributed by atoms with Crippen LogP contribution in [0.3, 0.4) is 0 Å². The number of rotatable bonds is 5. The Labute approximate surface area is 191 Å². The molecule has 0 saturated carbocycles. The molecule has 1 atom stereocenters. The number of anilines is 1. The zero-order chi connectivity index (χ0) is 22.9. The summed E-state index contributed by atoms with van der Waals surface area (Å²) in [6, 6.07) is 6.96. The Morgan fingerprint density at radius 1 is 1.19 bits per heavy atom. The van der Waals surface area contributed by atoms with E-state index in [9.17, 15) is 13.6 Å². The van der Waals surface area contributed by atoms with Crippen molar-refractivity contribution >= 4 is 40.4 Å². The Bertz CT molecular complexity index is 1230. The zero-order valence-corrected chi connectivity index (χ0v) is 18.1. The Kier molecular flexibility index (Phi) is 6.05. The number of amides is 1. The molecule has 1 amide bonds. The largest absolute Gasteiger partial charge is 0.321 e. The van der Waals surface area contributed by atoms with Crippen molar-refractivity contribution in [3.8, 4) is 5.82 Å². The van der Waals surface area contributed by atoms with Gasteiger partial charge >= 0.3 is 0 Å². The van der Waals surface area contributed by atoms with E-state index in [0.717, 1.165) is 0 Å². The van der Waals surface area contributed by atoms with Crippen LogP contribution in [0.25, 0.3) is 11.4 Å². The quantitative estimate of drug-likeness (QED) is 0.424. The summed E-state index contributed by atoms with van der Waals surface area (Å²) in [5.74, 6) is -1.59. The Balaban J connectivity index is 1.61. The number of hydrogen-bond donors (Lipinski definition) is 2. The molecule has 1 aliphatic rings. The summed E-state index contributed by atoms with van der Waals surface area (Å²) in [6.07, 6.45) is 5.32. The molecular formula is C21H16Cl2F2N6O. The monoisotopic (exact) mass is 476 g/mol. The molecule has 4 rings (SSSR count). The number of nitrogens with zero attached hydrogens (tertiary/aromatic N) is 4. The first-order valence-corrected chi connectivity index (χ1v) is 10.1. The summed E-state index contributed by atoms with van der Waals surface area (Å²) in [6.45, 7) is 0. The van der Waals surface area contributed by atoms with Gasteiger partial charge in [-0.2, -0.15) is 10.2 Å². The van der Waals surface area contributed by atoms with Crippen LogP contribution in [-0.2, 0) is 4.79 Å². The highest BCUT2D eigenvalue weighted by Crippen LogP contribution is 2.42. The minimum Gasteiger partial charge on any atom is -0.321 e. The molecule has 0 saturated heterocycles. The predicted octanol–water partition coefficient (Wildman–Crippen LogP) is 4.26. The fourth-order valence-electron chi connectivity index (χ4n) is 3.28. The maximum absolute atomic E-state index is 14.9. The number of pyridine rings is 1. The summed E-state index contributed by atoms with van der Waals surface area (Å²) in [5, 5.41) is 13.6. The number of likely N-dealkylation sites (N-methyl/N-ethyl adjacent to an activating group) is 1. The van der Waals surface area contributed by atoms with E-state index in [4.69, 9.17) is 23.2 Å². The molecule has 3 aromatic rings. The van der Waals surface area contributed by atoms with Gasteiger partial charge in [0.05, 0.1) is 34.9 Å². The van der Waals surface area contributed by atoms with E-state index in [0.29, 0.717) is 11.1 Å². The highest BCUT2D eigenvalue weighted by atomic mass is 35.5. The van der Waals surface area contributed by atoms with Gasteiger partial charge < -0.3 is 5.32 Å². The highest BCUT2D eigenvalue weighted by Gasteiger charge is 2.38. The number of halogens is 4. The summed E-state index contributed by atoms with van der Waals surface area (Å²) >= 11 is 12.9. The molecule has 1 aromatic carbocycles. The van der Waals surface area contributed by atoms with Crippen molar-refractivity contribution in [1.82, 2.24) is 25.3 Å². The van der Waals surface area contributed by atoms with Crippen molar-refractivity contribution in [3.05, 3.63) is 82.8 Å². The van der Waals surface area contributed by atoms with E-state index in [1.54, 1.807) is 7.05 Å². The van der Waals surface area contributed by atoms with E-state index in [1.165, 1.54) is 59.8 Å². The topological polar surface area (TPSA) is 84.7 Å². The van der Waals surface area contributed by atoms with E-state index in [-0.39, 0.29) is 28.5 Å². The lowest BCUT2D eigenvalue weighted by Crippen LogP contribution is -2.41. The van der Waals surface area contributed by atoms with Gasteiger partial charge in [-0.15, -0.1) is 4.80 Å². The molecule has 11 heteroatoms. The van der Waals surface area contributed by atoms with Crippen LogP contribution >= 0.6 is 23.2 Å². The smallest absolute Gasteiger partial charge is 0.254 e. The lowest BCUT2D eigenvalue weighted by molar-refractivity contribution is -0.113. The van der Waals surface area contributed by atoms with Gasteiger partial charge in [-0.05, 0) is 42.5 Å². The molecular weight excluding hydrogens is 461 g/mol. The molecule has 0 spiro atoms. The van der Waals surface area contributed by atoms with Crippen molar-refractivity contribution in [3.63, 3.8) is 0 Å². The summed E-state index contributed by atoms with van der Waals surface area (Å²) in [5.41, 5.74) is 1.02. The molecule has 7 nitrogen and oxygen atoms in total. The number of nitrogens with one attached hydrogen (secondary N) is 2. The second-order valence-corrected chi connectivity index (χ2v) is 7.97. The molecule has 0 radical (unpaired) electrons. The summed E-state index contributed by atoms with van der Waals surface area (Å²) < 4.78 is 28.2. The SMILES string of the molecule is CNC1(Cl)CC(C(=O)Nc2cnc(-n3nccn3)c(Cl)c2)=C(F)C=C1c1ccc(F)cc1. The lowest BCUT2D eigenvalue weighted by atomic mass is 9.87. The normalized spacial score (nSPS) is 18.5. The van der Waals surface area contributed by atoms with Crippen molar-refractivity contribution < 1.29 is 13.6 Å². The molecule has 164 valence electrons. The summed E-state index contributed by atoms with van der Waals surface area (Å²) in [7, 11) is 1.59. The second kappa shape index (κ2) is 8.78. The number of aromatic nitrogens is 4. The standard InChI is InChI=1S/C21H16Cl2F2N6O/c1-26-21(23)10-15(18(25)9-16(21)12-2-4-13(24)5-3-12)20(32)30-14-8-17(22)19(27-11-14)31-28-6-7-29-31/h2-9,11,26H,10H2,1H3,(H,30,32). The first-order chi connectivity index (χ1) is 15.3. The number of carbonyl (C=O) groups is 1. The predicted molar refractivity (Wildman–Crippen MR) is 118 cm³/mol. The van der Waals surface area contributed by atoms with E-state index in [2.05, 4.69) is 25.8 Å². The fourth-order valence-corrected chi connectivity index (χ4v) is 3.82. The van der Waals surface area contributed by atoms with Crippen LogP contribution in [0.1, 0.15) is 12.0 Å². The van der Waals surface area contributed by atoms with Crippen LogP contribution in [0.5, 0.6) is 0 Å². The summed E-state index contributed by atoms with van der Waals surface area (Å²) in [4.78, 5) is 16.9. The minimum absolute atomic E-state index is 0.150. The molecule has 1 unspecified atom stereocenters. The van der Waals surface area contributed by atoms with Crippen molar-refractivity contribution in [1.29, 1.82) is 0 Å². The third-order valence-electron chi connectivity index (χ3n) is 4.92. The molecule has 2 heterocycles. The second-order valence-electron chi connectivity index (χ2n) is 6.92. The number of carbonyl (C=O) groups excluding carboxylic acids is 1. The number of hydrogen-bond acceptors (Lipinski definition) is 5. The van der Waals surface area contributed by atoms with Crippen molar-refractivity contribution in [2.24, 2.45) is 0 Å². The van der Waals surface area contributed by atoms with Gasteiger partial charge in [-0.1, -0.05) is 35.3 Å². The molecule has 2 N–H and O–H groups in total. The van der Waals surface area contributed by atoms with Crippen LogP contribution in [-0.4, -0.2) is 37.9 Å². The molecule has 1 aliphatic carbocycles. The molecule has 0 bridgehead atoms. The van der Waals surface area contributed by atoms with E-state index < -0.39 is 22.5 Å². The molecule has 0 fully saturated rings. The molecule has 2 aromatic heterocycles. The first kappa shape index (κ1) is 22.1. The van der Waals surface area contributed by atoms with Gasteiger partial charge in [0, 0.05) is 6.42 Å². The third kappa shape index (κ3) is 4.27. The fraction of sp³-hybridized carbons (Fsp3) is 0.143.